The van der Waals surface area contributed by atoms with Gasteiger partial charge in [-0.05, 0) is 58.8 Å². The van der Waals surface area contributed by atoms with Crippen LogP contribution in [0.25, 0.3) is 0 Å². The number of rotatable bonds is 9. The highest BCUT2D eigenvalue weighted by atomic mass is 16.6. The summed E-state index contributed by atoms with van der Waals surface area (Å²) in [5, 5.41) is 14.4. The molecule has 3 N–H and O–H groups in total. The lowest BCUT2D eigenvalue weighted by Crippen LogP contribution is -2.47. The molecule has 0 radical (unpaired) electrons. The first-order valence-corrected chi connectivity index (χ1v) is 12.9. The zero-order valence-corrected chi connectivity index (χ0v) is 22.0. The molecule has 2 fully saturated rings. The molecular formula is C25H42N4O7. The van der Waals surface area contributed by atoms with Crippen molar-refractivity contribution < 1.29 is 33.8 Å². The van der Waals surface area contributed by atoms with E-state index < -0.39 is 17.5 Å². The molecule has 1 unspecified atom stereocenters. The number of aliphatic carboxylic acids is 1. The van der Waals surface area contributed by atoms with Gasteiger partial charge in [0, 0.05) is 52.6 Å². The number of hydrogen-bond donors (Lipinski definition) is 3. The smallest absolute Gasteiger partial charge is 0.410 e. The molecule has 0 aliphatic carbocycles. The van der Waals surface area contributed by atoms with Crippen LogP contribution in [0.5, 0.6) is 0 Å². The SMILES string of the molecule is CC(=O)NCC(CNC(=O)[C@@H]1CCCN(C(=O)CCC2CCN(C(=O)OC(C)(C)C)CC2)C1)C(=O)O. The predicted octanol–water partition coefficient (Wildman–Crippen LogP) is 1.61. The van der Waals surface area contributed by atoms with Gasteiger partial charge in [-0.1, -0.05) is 0 Å². The van der Waals surface area contributed by atoms with Crippen molar-refractivity contribution >= 4 is 29.8 Å². The normalized spacial score (nSPS) is 19.8. The van der Waals surface area contributed by atoms with Crippen LogP contribution in [-0.4, -0.2) is 89.6 Å². The third-order valence-corrected chi connectivity index (χ3v) is 6.65. The fourth-order valence-electron chi connectivity index (χ4n) is 4.52. The second kappa shape index (κ2) is 13.5. The average Bonchev–Trinajstić information content (AvgIpc) is 2.81. The van der Waals surface area contributed by atoms with Crippen LogP contribution >= 0.6 is 0 Å². The second-order valence-electron chi connectivity index (χ2n) is 10.8. The number of nitrogens with zero attached hydrogens (tertiary/aromatic N) is 2. The summed E-state index contributed by atoms with van der Waals surface area (Å²) in [7, 11) is 0. The Bertz CT molecular complexity index is 803. The molecule has 0 aromatic carbocycles. The molecule has 0 aromatic rings. The third-order valence-electron chi connectivity index (χ3n) is 6.65. The van der Waals surface area contributed by atoms with Gasteiger partial charge in [-0.2, -0.15) is 0 Å². The summed E-state index contributed by atoms with van der Waals surface area (Å²) in [5.41, 5.74) is -0.520. The Morgan fingerprint density at radius 2 is 1.61 bits per heavy atom. The Morgan fingerprint density at radius 3 is 2.19 bits per heavy atom. The van der Waals surface area contributed by atoms with Crippen molar-refractivity contribution in [3.63, 3.8) is 0 Å². The van der Waals surface area contributed by atoms with Gasteiger partial charge in [0.1, 0.15) is 5.60 Å². The summed E-state index contributed by atoms with van der Waals surface area (Å²) < 4.78 is 5.43. The molecule has 2 rings (SSSR count). The summed E-state index contributed by atoms with van der Waals surface area (Å²) >= 11 is 0. The molecule has 2 atom stereocenters. The van der Waals surface area contributed by atoms with Gasteiger partial charge in [0.25, 0.3) is 0 Å². The fraction of sp³-hybridized carbons (Fsp3) is 0.800. The molecule has 204 valence electrons. The van der Waals surface area contributed by atoms with Gasteiger partial charge in [-0.3, -0.25) is 19.2 Å². The Hall–Kier alpha value is -2.85. The lowest BCUT2D eigenvalue weighted by atomic mass is 9.91. The largest absolute Gasteiger partial charge is 0.481 e. The van der Waals surface area contributed by atoms with Gasteiger partial charge >= 0.3 is 12.1 Å². The second-order valence-corrected chi connectivity index (χ2v) is 10.8. The predicted molar refractivity (Wildman–Crippen MR) is 132 cm³/mol. The maximum atomic E-state index is 12.8. The van der Waals surface area contributed by atoms with E-state index in [0.29, 0.717) is 51.4 Å². The van der Waals surface area contributed by atoms with E-state index in [4.69, 9.17) is 4.74 Å². The number of carbonyl (C=O) groups excluding carboxylic acids is 4. The zero-order chi connectivity index (χ0) is 26.9. The summed E-state index contributed by atoms with van der Waals surface area (Å²) in [6.45, 7) is 8.89. The first kappa shape index (κ1) is 29.4. The van der Waals surface area contributed by atoms with Gasteiger partial charge in [-0.15, -0.1) is 0 Å². The first-order chi connectivity index (χ1) is 16.9. The number of nitrogens with one attached hydrogen (secondary N) is 2. The standard InChI is InChI=1S/C25H42N4O7/c1-17(30)26-14-20(23(33)34)15-27-22(32)19-6-5-11-29(16-19)21(31)8-7-18-9-12-28(13-10-18)24(35)36-25(2,3)4/h18-20H,5-16H2,1-4H3,(H,26,30)(H,27,32)(H,33,34)/t19-,20?/m1/s1. The molecule has 4 amide bonds. The molecule has 36 heavy (non-hydrogen) atoms. The Kier molecular flexibility index (Phi) is 11.0. The van der Waals surface area contributed by atoms with E-state index in [9.17, 15) is 29.1 Å². The zero-order valence-electron chi connectivity index (χ0n) is 22.0. The minimum absolute atomic E-state index is 0.0242. The fourth-order valence-corrected chi connectivity index (χ4v) is 4.52. The maximum absolute atomic E-state index is 12.8. The molecule has 0 spiro atoms. The van der Waals surface area contributed by atoms with E-state index in [1.54, 1.807) is 9.80 Å². The molecule has 0 aromatic heterocycles. The lowest BCUT2D eigenvalue weighted by Gasteiger charge is -2.34. The summed E-state index contributed by atoms with van der Waals surface area (Å²) in [4.78, 5) is 63.6. The molecule has 2 heterocycles. The third kappa shape index (κ3) is 10.0. The Morgan fingerprint density at radius 1 is 0.972 bits per heavy atom. The average molecular weight is 511 g/mol. The van der Waals surface area contributed by atoms with Crippen molar-refractivity contribution in [3.8, 4) is 0 Å². The van der Waals surface area contributed by atoms with Crippen LogP contribution in [0.1, 0.15) is 66.2 Å². The van der Waals surface area contributed by atoms with Gasteiger partial charge in [0.2, 0.25) is 17.7 Å². The number of carbonyl (C=O) groups is 5. The molecule has 2 saturated heterocycles. The summed E-state index contributed by atoms with van der Waals surface area (Å²) in [5.74, 6) is -2.60. The van der Waals surface area contributed by atoms with Crippen LogP contribution in [0.3, 0.4) is 0 Å². The van der Waals surface area contributed by atoms with Gasteiger partial charge in [0.05, 0.1) is 11.8 Å². The molecule has 2 aliphatic heterocycles. The molecule has 0 saturated carbocycles. The Labute approximate surface area is 213 Å². The number of hydrogen-bond acceptors (Lipinski definition) is 6. The van der Waals surface area contributed by atoms with Crippen molar-refractivity contribution in [2.45, 2.75) is 71.8 Å². The molecule has 0 bridgehead atoms. The first-order valence-electron chi connectivity index (χ1n) is 12.9. The number of ether oxygens (including phenoxy) is 1. The number of amides is 4. The number of carboxylic acids is 1. The minimum atomic E-state index is -1.10. The lowest BCUT2D eigenvalue weighted by molar-refractivity contribution is -0.141. The minimum Gasteiger partial charge on any atom is -0.481 e. The van der Waals surface area contributed by atoms with E-state index in [-0.39, 0.29) is 42.8 Å². The van der Waals surface area contributed by atoms with Gasteiger partial charge < -0.3 is 30.3 Å². The van der Waals surface area contributed by atoms with Crippen LogP contribution in [0.2, 0.25) is 0 Å². The molecule has 11 heteroatoms. The van der Waals surface area contributed by atoms with E-state index in [0.717, 1.165) is 19.3 Å². The van der Waals surface area contributed by atoms with Crippen LogP contribution in [-0.2, 0) is 23.9 Å². The van der Waals surface area contributed by atoms with Crippen molar-refractivity contribution in [2.24, 2.45) is 17.8 Å². The van der Waals surface area contributed by atoms with Crippen LogP contribution in [0.15, 0.2) is 0 Å². The van der Waals surface area contributed by atoms with Crippen molar-refractivity contribution in [2.75, 3.05) is 39.3 Å². The van der Waals surface area contributed by atoms with E-state index >= 15 is 0 Å². The monoisotopic (exact) mass is 510 g/mol. The Balaban J connectivity index is 1.73. The molecule has 2 aliphatic rings. The highest BCUT2D eigenvalue weighted by Crippen LogP contribution is 2.25. The quantitative estimate of drug-likeness (QED) is 0.427. The van der Waals surface area contributed by atoms with E-state index in [1.165, 1.54) is 6.92 Å². The van der Waals surface area contributed by atoms with E-state index in [1.807, 2.05) is 20.8 Å². The van der Waals surface area contributed by atoms with Gasteiger partial charge in [0.15, 0.2) is 0 Å². The van der Waals surface area contributed by atoms with Crippen LogP contribution < -0.4 is 10.6 Å². The highest BCUT2D eigenvalue weighted by molar-refractivity contribution is 5.82. The maximum Gasteiger partial charge on any atom is 0.410 e. The molecular weight excluding hydrogens is 468 g/mol. The van der Waals surface area contributed by atoms with Crippen molar-refractivity contribution in [3.05, 3.63) is 0 Å². The highest BCUT2D eigenvalue weighted by Gasteiger charge is 2.31. The summed E-state index contributed by atoms with van der Waals surface area (Å²) in [6.07, 6.45) is 3.89. The van der Waals surface area contributed by atoms with Crippen molar-refractivity contribution in [1.29, 1.82) is 0 Å². The van der Waals surface area contributed by atoms with Crippen LogP contribution in [0, 0.1) is 17.8 Å². The molecule has 11 nitrogen and oxygen atoms in total. The van der Waals surface area contributed by atoms with E-state index in [2.05, 4.69) is 10.6 Å². The van der Waals surface area contributed by atoms with Crippen molar-refractivity contribution in [1.82, 2.24) is 20.4 Å². The van der Waals surface area contributed by atoms with Gasteiger partial charge in [-0.25, -0.2) is 4.79 Å². The topological polar surface area (TPSA) is 145 Å². The number of carboxylic acid groups (broad SMARTS) is 1. The summed E-state index contributed by atoms with van der Waals surface area (Å²) in [6, 6.07) is 0. The number of likely N-dealkylation sites (tertiary alicyclic amines) is 2. The number of piperidine rings is 2. The van der Waals surface area contributed by atoms with Crippen LogP contribution in [0.4, 0.5) is 4.79 Å².